The summed E-state index contributed by atoms with van der Waals surface area (Å²) in [7, 11) is -3.84. The first-order valence-corrected chi connectivity index (χ1v) is 11.4. The van der Waals surface area contributed by atoms with Gasteiger partial charge in [-0.3, -0.25) is 9.52 Å². The summed E-state index contributed by atoms with van der Waals surface area (Å²) >= 11 is 6.08. The van der Waals surface area contributed by atoms with Crippen LogP contribution in [0, 0.1) is 24.7 Å². The number of hydrogen-bond donors (Lipinski definition) is 2. The van der Waals surface area contributed by atoms with Crippen LogP contribution in [0.25, 0.3) is 0 Å². The highest BCUT2D eigenvalue weighted by molar-refractivity contribution is 7.92. The number of fused-ring (bicyclic) bond motifs is 2. The summed E-state index contributed by atoms with van der Waals surface area (Å²) in [6.45, 7) is 1.72. The molecule has 2 aliphatic carbocycles. The Morgan fingerprint density at radius 2 is 1.89 bits per heavy atom. The third-order valence-corrected chi connectivity index (χ3v) is 7.78. The Bertz CT molecular complexity index is 1020. The van der Waals surface area contributed by atoms with E-state index < -0.39 is 10.0 Å². The predicted octanol–water partition coefficient (Wildman–Crippen LogP) is 4.82. The molecule has 0 saturated heterocycles. The summed E-state index contributed by atoms with van der Waals surface area (Å²) < 4.78 is 28.3. The maximum Gasteiger partial charge on any atom is 0.262 e. The SMILES string of the molecule is Cc1ccc(NC(=O)C2CC3CCC2C3)cc1S(=O)(=O)Nc1ccccc1Cl. The van der Waals surface area contributed by atoms with Crippen molar-refractivity contribution in [2.45, 2.75) is 37.5 Å². The summed E-state index contributed by atoms with van der Waals surface area (Å²) in [5, 5.41) is 3.25. The molecule has 2 aromatic carbocycles. The summed E-state index contributed by atoms with van der Waals surface area (Å²) in [6, 6.07) is 11.6. The van der Waals surface area contributed by atoms with Gasteiger partial charge in [0.15, 0.2) is 0 Å². The van der Waals surface area contributed by atoms with Gasteiger partial charge in [-0.25, -0.2) is 8.42 Å². The minimum atomic E-state index is -3.84. The van der Waals surface area contributed by atoms with Gasteiger partial charge in [0, 0.05) is 11.6 Å². The van der Waals surface area contributed by atoms with Crippen LogP contribution in [0.5, 0.6) is 0 Å². The zero-order valence-corrected chi connectivity index (χ0v) is 17.2. The molecule has 2 fully saturated rings. The van der Waals surface area contributed by atoms with Gasteiger partial charge in [0.25, 0.3) is 10.0 Å². The van der Waals surface area contributed by atoms with Crippen molar-refractivity contribution in [3.05, 3.63) is 53.1 Å². The fraction of sp³-hybridized carbons (Fsp3) is 0.381. The van der Waals surface area contributed by atoms with E-state index >= 15 is 0 Å². The van der Waals surface area contributed by atoms with E-state index in [0.29, 0.717) is 33.8 Å². The molecule has 2 N–H and O–H groups in total. The Hall–Kier alpha value is -2.05. The third-order valence-electron chi connectivity index (χ3n) is 5.94. The Morgan fingerprint density at radius 1 is 1.11 bits per heavy atom. The lowest BCUT2D eigenvalue weighted by Gasteiger charge is -2.21. The van der Waals surface area contributed by atoms with Crippen molar-refractivity contribution < 1.29 is 13.2 Å². The van der Waals surface area contributed by atoms with E-state index in [1.54, 1.807) is 43.3 Å². The van der Waals surface area contributed by atoms with Gasteiger partial charge < -0.3 is 5.32 Å². The van der Waals surface area contributed by atoms with E-state index in [-0.39, 0.29) is 16.7 Å². The number of amides is 1. The van der Waals surface area contributed by atoms with Crippen LogP contribution in [0.2, 0.25) is 5.02 Å². The number of benzene rings is 2. The molecule has 0 aromatic heterocycles. The van der Waals surface area contributed by atoms with Crippen LogP contribution >= 0.6 is 11.6 Å². The van der Waals surface area contributed by atoms with Crippen LogP contribution in [0.1, 0.15) is 31.2 Å². The molecule has 7 heteroatoms. The molecule has 0 spiro atoms. The van der Waals surface area contributed by atoms with Crippen molar-refractivity contribution in [3.8, 4) is 0 Å². The van der Waals surface area contributed by atoms with Gasteiger partial charge >= 0.3 is 0 Å². The zero-order chi connectivity index (χ0) is 19.9. The smallest absolute Gasteiger partial charge is 0.262 e. The van der Waals surface area contributed by atoms with Crippen LogP contribution in [-0.2, 0) is 14.8 Å². The Labute approximate surface area is 170 Å². The predicted molar refractivity (Wildman–Crippen MR) is 111 cm³/mol. The van der Waals surface area contributed by atoms with E-state index in [9.17, 15) is 13.2 Å². The molecule has 5 nitrogen and oxygen atoms in total. The molecule has 0 aliphatic heterocycles. The second-order valence-corrected chi connectivity index (χ2v) is 9.89. The van der Waals surface area contributed by atoms with Crippen molar-refractivity contribution in [3.63, 3.8) is 0 Å². The van der Waals surface area contributed by atoms with Crippen molar-refractivity contribution >= 4 is 38.9 Å². The van der Waals surface area contributed by atoms with Gasteiger partial charge in [0.05, 0.1) is 15.6 Å². The number of hydrogen-bond acceptors (Lipinski definition) is 3. The first kappa shape index (κ1) is 19.3. The molecular weight excluding hydrogens is 396 g/mol. The fourth-order valence-electron chi connectivity index (χ4n) is 4.51. The van der Waals surface area contributed by atoms with E-state index in [1.807, 2.05) is 0 Å². The summed E-state index contributed by atoms with van der Waals surface area (Å²) in [6.07, 6.45) is 4.45. The van der Waals surface area contributed by atoms with Crippen molar-refractivity contribution in [2.75, 3.05) is 10.0 Å². The number of aryl methyl sites for hydroxylation is 1. The Kier molecular flexibility index (Phi) is 5.10. The van der Waals surface area contributed by atoms with E-state index in [4.69, 9.17) is 11.6 Å². The number of para-hydroxylation sites is 1. The number of sulfonamides is 1. The van der Waals surface area contributed by atoms with Crippen molar-refractivity contribution in [2.24, 2.45) is 17.8 Å². The van der Waals surface area contributed by atoms with E-state index in [2.05, 4.69) is 10.0 Å². The molecular formula is C21H23ClN2O3S. The molecule has 4 rings (SSSR count). The topological polar surface area (TPSA) is 75.3 Å². The molecule has 28 heavy (non-hydrogen) atoms. The lowest BCUT2D eigenvalue weighted by molar-refractivity contribution is -0.121. The van der Waals surface area contributed by atoms with Crippen molar-refractivity contribution in [1.29, 1.82) is 0 Å². The van der Waals surface area contributed by atoms with Gasteiger partial charge in [0.2, 0.25) is 5.91 Å². The average Bonchev–Trinajstić information content (AvgIpc) is 3.28. The first-order valence-electron chi connectivity index (χ1n) is 9.52. The zero-order valence-electron chi connectivity index (χ0n) is 15.6. The Morgan fingerprint density at radius 3 is 2.57 bits per heavy atom. The molecule has 2 bridgehead atoms. The second kappa shape index (κ2) is 7.41. The van der Waals surface area contributed by atoms with Gasteiger partial charge in [-0.2, -0.15) is 0 Å². The highest BCUT2D eigenvalue weighted by Gasteiger charge is 2.43. The lowest BCUT2D eigenvalue weighted by Crippen LogP contribution is -2.27. The normalized spacial score (nSPS) is 23.6. The number of anilines is 2. The van der Waals surface area contributed by atoms with Gasteiger partial charge in [0.1, 0.15) is 0 Å². The van der Waals surface area contributed by atoms with Crippen molar-refractivity contribution in [1.82, 2.24) is 0 Å². The quantitative estimate of drug-likeness (QED) is 0.730. The highest BCUT2D eigenvalue weighted by Crippen LogP contribution is 2.48. The number of carbonyl (C=O) groups is 1. The maximum absolute atomic E-state index is 12.9. The fourth-order valence-corrected chi connectivity index (χ4v) is 6.10. The van der Waals surface area contributed by atoms with E-state index in [0.717, 1.165) is 19.3 Å². The van der Waals surface area contributed by atoms with E-state index in [1.165, 1.54) is 12.5 Å². The molecule has 1 amide bonds. The highest BCUT2D eigenvalue weighted by atomic mass is 35.5. The molecule has 3 unspecified atom stereocenters. The standard InChI is InChI=1S/C21H23ClN2O3S/c1-13-6-9-16(23-21(25)17-11-14-7-8-15(17)10-14)12-20(13)28(26,27)24-19-5-3-2-4-18(19)22/h2-6,9,12,14-15,17,24H,7-8,10-11H2,1H3,(H,23,25). The average molecular weight is 419 g/mol. The monoisotopic (exact) mass is 418 g/mol. The van der Waals surface area contributed by atoms with Crippen LogP contribution in [0.15, 0.2) is 47.4 Å². The maximum atomic E-state index is 12.9. The lowest BCUT2D eigenvalue weighted by atomic mass is 9.88. The largest absolute Gasteiger partial charge is 0.326 e. The molecule has 0 radical (unpaired) electrons. The summed E-state index contributed by atoms with van der Waals surface area (Å²) in [5.41, 5.74) is 1.41. The molecule has 2 aromatic rings. The molecule has 3 atom stereocenters. The minimum Gasteiger partial charge on any atom is -0.326 e. The third kappa shape index (κ3) is 3.76. The van der Waals surface area contributed by atoms with Gasteiger partial charge in [-0.05, 0) is 67.9 Å². The summed E-state index contributed by atoms with van der Waals surface area (Å²) in [4.78, 5) is 12.8. The number of halogens is 1. The van der Waals surface area contributed by atoms with Crippen LogP contribution in [0.4, 0.5) is 11.4 Å². The number of carbonyl (C=O) groups excluding carboxylic acids is 1. The molecule has 2 saturated carbocycles. The second-order valence-electron chi connectivity index (χ2n) is 7.84. The molecule has 2 aliphatic rings. The van der Waals surface area contributed by atoms with Gasteiger partial charge in [-0.15, -0.1) is 0 Å². The first-order chi connectivity index (χ1) is 13.3. The van der Waals surface area contributed by atoms with Gasteiger partial charge in [-0.1, -0.05) is 36.2 Å². The number of rotatable bonds is 5. The molecule has 0 heterocycles. The van der Waals surface area contributed by atoms with Crippen LogP contribution < -0.4 is 10.0 Å². The Balaban J connectivity index is 1.55. The minimum absolute atomic E-state index is 0.00142. The number of nitrogens with one attached hydrogen (secondary N) is 2. The molecule has 148 valence electrons. The summed E-state index contributed by atoms with van der Waals surface area (Å²) in [5.74, 6) is 1.19. The van der Waals surface area contributed by atoms with Crippen LogP contribution in [0.3, 0.4) is 0 Å². The van der Waals surface area contributed by atoms with Crippen LogP contribution in [-0.4, -0.2) is 14.3 Å².